The van der Waals surface area contributed by atoms with E-state index in [1.54, 1.807) is 18.1 Å². The summed E-state index contributed by atoms with van der Waals surface area (Å²) in [6, 6.07) is 21.0. The molecule has 3 aromatic rings. The van der Waals surface area contributed by atoms with Gasteiger partial charge in [-0.3, -0.25) is 4.79 Å². The van der Waals surface area contributed by atoms with Crippen molar-refractivity contribution in [3.05, 3.63) is 72.4 Å². The molecule has 6 nitrogen and oxygen atoms in total. The summed E-state index contributed by atoms with van der Waals surface area (Å²) in [5.41, 5.74) is 2.07. The second-order valence-corrected chi connectivity index (χ2v) is 6.49. The van der Waals surface area contributed by atoms with E-state index < -0.39 is 0 Å². The number of amides is 1. The number of nitrogens with one attached hydrogen (secondary N) is 1. The van der Waals surface area contributed by atoms with Crippen LogP contribution in [0.5, 0.6) is 0 Å². The number of carbonyl (C=O) groups excluding carboxylic acids is 1. The highest BCUT2D eigenvalue weighted by molar-refractivity contribution is 6.05. The number of methoxy groups -OCH3 is 1. The summed E-state index contributed by atoms with van der Waals surface area (Å²) in [5.74, 6) is 0.996. The smallest absolute Gasteiger partial charge is 0.277 e. The fraction of sp³-hybridized carbons (Fsp3) is 0.261. The highest BCUT2D eigenvalue weighted by Gasteiger charge is 2.19. The van der Waals surface area contributed by atoms with Gasteiger partial charge in [0.15, 0.2) is 5.82 Å². The molecule has 0 atom stereocenters. The molecule has 0 saturated carbocycles. The van der Waals surface area contributed by atoms with Crippen LogP contribution in [0.3, 0.4) is 0 Å². The summed E-state index contributed by atoms with van der Waals surface area (Å²) in [5, 5.41) is 3.28. The van der Waals surface area contributed by atoms with Crippen molar-refractivity contribution in [1.82, 2.24) is 9.97 Å². The molecule has 150 valence electrons. The number of ether oxygens (including phenoxy) is 1. The number of hydrogen-bond acceptors (Lipinski definition) is 5. The number of hydrogen-bond donors (Lipinski definition) is 1. The molecule has 0 unspecified atom stereocenters. The first-order valence-corrected chi connectivity index (χ1v) is 9.77. The van der Waals surface area contributed by atoms with Gasteiger partial charge in [-0.05, 0) is 25.5 Å². The molecule has 6 heteroatoms. The topological polar surface area (TPSA) is 67.4 Å². The number of carbonyl (C=O) groups is 1. The quantitative estimate of drug-likeness (QED) is 0.553. The maximum atomic E-state index is 13.3. The fourth-order valence-corrected chi connectivity index (χ4v) is 2.99. The van der Waals surface area contributed by atoms with Gasteiger partial charge < -0.3 is 15.0 Å². The van der Waals surface area contributed by atoms with Gasteiger partial charge in [0.2, 0.25) is 0 Å². The number of aromatic nitrogens is 2. The largest absolute Gasteiger partial charge is 0.385 e. The number of nitrogens with zero attached hydrogens (tertiary/aromatic N) is 3. The van der Waals surface area contributed by atoms with Crippen molar-refractivity contribution in [3.63, 3.8) is 0 Å². The van der Waals surface area contributed by atoms with Gasteiger partial charge in [0.1, 0.15) is 11.5 Å². The van der Waals surface area contributed by atoms with Crippen molar-refractivity contribution in [1.29, 1.82) is 0 Å². The van der Waals surface area contributed by atoms with Crippen LogP contribution in [0.4, 0.5) is 11.5 Å². The van der Waals surface area contributed by atoms with E-state index in [0.717, 1.165) is 17.7 Å². The standard InChI is InChI=1S/C23H26N4O2/c1-3-27(19-13-8-5-9-14-19)23(28)20-17-21(24-15-10-16-29-2)26-22(25-20)18-11-6-4-7-12-18/h4-9,11-14,17H,3,10,15-16H2,1-2H3,(H,24,25,26). The summed E-state index contributed by atoms with van der Waals surface area (Å²) in [4.78, 5) is 24.2. The van der Waals surface area contributed by atoms with Crippen molar-refractivity contribution in [2.24, 2.45) is 0 Å². The van der Waals surface area contributed by atoms with E-state index >= 15 is 0 Å². The summed E-state index contributed by atoms with van der Waals surface area (Å²) in [6.45, 7) is 3.86. The summed E-state index contributed by atoms with van der Waals surface area (Å²) < 4.78 is 5.10. The van der Waals surface area contributed by atoms with E-state index in [2.05, 4.69) is 15.3 Å². The second-order valence-electron chi connectivity index (χ2n) is 6.49. The van der Waals surface area contributed by atoms with Crippen LogP contribution >= 0.6 is 0 Å². The minimum atomic E-state index is -0.154. The fourth-order valence-electron chi connectivity index (χ4n) is 2.99. The Morgan fingerprint density at radius 1 is 1.03 bits per heavy atom. The van der Waals surface area contributed by atoms with Crippen LogP contribution < -0.4 is 10.2 Å². The minimum Gasteiger partial charge on any atom is -0.385 e. The van der Waals surface area contributed by atoms with E-state index in [9.17, 15) is 4.79 Å². The lowest BCUT2D eigenvalue weighted by molar-refractivity contribution is 0.0983. The van der Waals surface area contributed by atoms with Gasteiger partial charge in [0, 0.05) is 44.1 Å². The predicted molar refractivity (Wildman–Crippen MR) is 116 cm³/mol. The second kappa shape index (κ2) is 10.3. The lowest BCUT2D eigenvalue weighted by atomic mass is 10.2. The molecule has 0 aliphatic rings. The number of para-hydroxylation sites is 1. The first-order valence-electron chi connectivity index (χ1n) is 9.77. The Bertz CT molecular complexity index is 917. The third-order valence-electron chi connectivity index (χ3n) is 4.44. The molecule has 1 aromatic heterocycles. The van der Waals surface area contributed by atoms with Crippen LogP contribution in [0, 0.1) is 0 Å². The Hall–Kier alpha value is -3.25. The van der Waals surface area contributed by atoms with Gasteiger partial charge in [-0.1, -0.05) is 48.5 Å². The highest BCUT2D eigenvalue weighted by Crippen LogP contribution is 2.21. The molecule has 1 amide bonds. The molecule has 0 radical (unpaired) electrons. The average Bonchev–Trinajstić information content (AvgIpc) is 2.78. The molecule has 29 heavy (non-hydrogen) atoms. The van der Waals surface area contributed by atoms with Crippen LogP contribution in [0.2, 0.25) is 0 Å². The number of anilines is 2. The van der Waals surface area contributed by atoms with E-state index in [-0.39, 0.29) is 5.91 Å². The van der Waals surface area contributed by atoms with Crippen LogP contribution in [-0.4, -0.2) is 42.7 Å². The van der Waals surface area contributed by atoms with Gasteiger partial charge in [-0.15, -0.1) is 0 Å². The molecule has 0 spiro atoms. The Morgan fingerprint density at radius 2 is 1.72 bits per heavy atom. The lowest BCUT2D eigenvalue weighted by Gasteiger charge is -2.21. The molecule has 0 fully saturated rings. The first-order chi connectivity index (χ1) is 14.2. The molecule has 0 bridgehead atoms. The van der Waals surface area contributed by atoms with Crippen LogP contribution in [-0.2, 0) is 4.74 Å². The minimum absolute atomic E-state index is 0.154. The third-order valence-corrected chi connectivity index (χ3v) is 4.44. The van der Waals surface area contributed by atoms with Crippen molar-refractivity contribution in [2.45, 2.75) is 13.3 Å². The van der Waals surface area contributed by atoms with E-state index in [1.165, 1.54) is 0 Å². The Balaban J connectivity index is 1.94. The van der Waals surface area contributed by atoms with Gasteiger partial charge >= 0.3 is 0 Å². The number of rotatable bonds is 9. The van der Waals surface area contributed by atoms with Crippen molar-refractivity contribution < 1.29 is 9.53 Å². The zero-order valence-electron chi connectivity index (χ0n) is 16.8. The molecular formula is C23H26N4O2. The molecule has 1 heterocycles. The first kappa shape index (κ1) is 20.5. The summed E-state index contributed by atoms with van der Waals surface area (Å²) >= 11 is 0. The molecule has 0 aliphatic heterocycles. The van der Waals surface area contributed by atoms with Gasteiger partial charge in [0.25, 0.3) is 5.91 Å². The van der Waals surface area contributed by atoms with Crippen molar-refractivity contribution in [2.75, 3.05) is 37.0 Å². The zero-order chi connectivity index (χ0) is 20.5. The Kier molecular flexibility index (Phi) is 7.30. The molecule has 3 rings (SSSR count). The molecule has 0 aliphatic carbocycles. The van der Waals surface area contributed by atoms with Crippen molar-refractivity contribution in [3.8, 4) is 11.4 Å². The highest BCUT2D eigenvalue weighted by atomic mass is 16.5. The SMILES string of the molecule is CCN(C(=O)c1cc(NCCCOC)nc(-c2ccccc2)n1)c1ccccc1. The van der Waals surface area contributed by atoms with E-state index in [4.69, 9.17) is 4.74 Å². The average molecular weight is 390 g/mol. The van der Waals surface area contributed by atoms with Crippen LogP contribution in [0.25, 0.3) is 11.4 Å². The van der Waals surface area contributed by atoms with Crippen molar-refractivity contribution >= 4 is 17.4 Å². The molecule has 2 aromatic carbocycles. The molecule has 1 N–H and O–H groups in total. The Morgan fingerprint density at radius 3 is 2.38 bits per heavy atom. The monoisotopic (exact) mass is 390 g/mol. The van der Waals surface area contributed by atoms with Gasteiger partial charge in [-0.2, -0.15) is 0 Å². The van der Waals surface area contributed by atoms with Crippen LogP contribution in [0.15, 0.2) is 66.7 Å². The normalized spacial score (nSPS) is 10.6. The van der Waals surface area contributed by atoms with E-state index in [0.29, 0.717) is 37.0 Å². The Labute approximate surface area is 171 Å². The predicted octanol–water partition coefficient (Wildman–Crippen LogP) is 4.26. The summed E-state index contributed by atoms with van der Waals surface area (Å²) in [7, 11) is 1.68. The molecule has 0 saturated heterocycles. The van der Waals surface area contributed by atoms with Crippen LogP contribution in [0.1, 0.15) is 23.8 Å². The maximum Gasteiger partial charge on any atom is 0.277 e. The number of benzene rings is 2. The summed E-state index contributed by atoms with van der Waals surface area (Å²) in [6.07, 6.45) is 0.843. The lowest BCUT2D eigenvalue weighted by Crippen LogP contribution is -2.31. The third kappa shape index (κ3) is 5.39. The van der Waals surface area contributed by atoms with Gasteiger partial charge in [-0.25, -0.2) is 9.97 Å². The zero-order valence-corrected chi connectivity index (χ0v) is 16.8. The van der Waals surface area contributed by atoms with E-state index in [1.807, 2.05) is 67.6 Å². The maximum absolute atomic E-state index is 13.3. The van der Waals surface area contributed by atoms with Gasteiger partial charge in [0.05, 0.1) is 0 Å². The molecular weight excluding hydrogens is 364 g/mol.